The van der Waals surface area contributed by atoms with E-state index >= 15 is 0 Å². The van der Waals surface area contributed by atoms with Gasteiger partial charge in [-0.3, -0.25) is 10.1 Å². The molecule has 0 radical (unpaired) electrons. The number of benzene rings is 1. The monoisotopic (exact) mass is 302 g/mol. The summed E-state index contributed by atoms with van der Waals surface area (Å²) in [7, 11) is 0. The SMILES string of the molecule is O=[N+]([O-])c1cc(F)c(Cl)cc1OCCC1CCCNC1. The summed E-state index contributed by atoms with van der Waals surface area (Å²) in [6.07, 6.45) is 3.06. The first-order valence-corrected chi connectivity index (χ1v) is 6.92. The number of rotatable bonds is 5. The fourth-order valence-electron chi connectivity index (χ4n) is 2.28. The van der Waals surface area contributed by atoms with E-state index in [2.05, 4.69) is 5.32 Å². The van der Waals surface area contributed by atoms with Gasteiger partial charge in [-0.1, -0.05) is 11.6 Å². The third-order valence-corrected chi connectivity index (χ3v) is 3.67. The molecular weight excluding hydrogens is 287 g/mol. The van der Waals surface area contributed by atoms with Gasteiger partial charge in [0.1, 0.15) is 5.82 Å². The third kappa shape index (κ3) is 3.80. The maximum absolute atomic E-state index is 13.2. The zero-order chi connectivity index (χ0) is 14.5. The van der Waals surface area contributed by atoms with E-state index in [0.29, 0.717) is 12.5 Å². The number of piperidine rings is 1. The van der Waals surface area contributed by atoms with Crippen LogP contribution in [0.4, 0.5) is 10.1 Å². The molecule has 0 aromatic heterocycles. The fraction of sp³-hybridized carbons (Fsp3) is 0.538. The normalized spacial score (nSPS) is 18.8. The van der Waals surface area contributed by atoms with Crippen molar-refractivity contribution >= 4 is 17.3 Å². The van der Waals surface area contributed by atoms with Crippen LogP contribution < -0.4 is 10.1 Å². The molecule has 0 aliphatic carbocycles. The molecule has 0 amide bonds. The first-order valence-electron chi connectivity index (χ1n) is 6.55. The molecule has 1 saturated heterocycles. The molecule has 7 heteroatoms. The van der Waals surface area contributed by atoms with E-state index in [-0.39, 0.29) is 10.8 Å². The van der Waals surface area contributed by atoms with Crippen molar-refractivity contribution in [1.82, 2.24) is 5.32 Å². The van der Waals surface area contributed by atoms with Gasteiger partial charge in [0.05, 0.1) is 22.6 Å². The Kier molecular flexibility index (Phi) is 5.14. The largest absolute Gasteiger partial charge is 0.487 e. The molecule has 1 aliphatic rings. The molecule has 1 aromatic rings. The van der Waals surface area contributed by atoms with Crippen molar-refractivity contribution in [2.75, 3.05) is 19.7 Å². The maximum Gasteiger partial charge on any atom is 0.313 e. The third-order valence-electron chi connectivity index (χ3n) is 3.38. The lowest BCUT2D eigenvalue weighted by molar-refractivity contribution is -0.386. The quantitative estimate of drug-likeness (QED) is 0.670. The molecule has 0 bridgehead atoms. The van der Waals surface area contributed by atoms with Crippen LogP contribution in [0.2, 0.25) is 5.02 Å². The summed E-state index contributed by atoms with van der Waals surface area (Å²) < 4.78 is 18.6. The molecule has 0 saturated carbocycles. The van der Waals surface area contributed by atoms with E-state index in [4.69, 9.17) is 16.3 Å². The Labute approximate surface area is 121 Å². The predicted molar refractivity (Wildman–Crippen MR) is 73.8 cm³/mol. The molecule has 1 aromatic carbocycles. The Balaban J connectivity index is 1.97. The first kappa shape index (κ1) is 15.0. The molecule has 110 valence electrons. The average Bonchev–Trinajstić information content (AvgIpc) is 2.43. The molecule has 1 heterocycles. The van der Waals surface area contributed by atoms with E-state index in [9.17, 15) is 14.5 Å². The van der Waals surface area contributed by atoms with Crippen LogP contribution in [0.1, 0.15) is 19.3 Å². The Hall–Kier alpha value is -1.40. The first-order chi connectivity index (χ1) is 9.58. The minimum Gasteiger partial charge on any atom is -0.487 e. The molecule has 1 aliphatic heterocycles. The summed E-state index contributed by atoms with van der Waals surface area (Å²) in [5, 5.41) is 14.0. The van der Waals surface area contributed by atoms with Crippen molar-refractivity contribution in [3.8, 4) is 5.75 Å². The van der Waals surface area contributed by atoms with E-state index in [0.717, 1.165) is 44.5 Å². The summed E-state index contributed by atoms with van der Waals surface area (Å²) in [5.41, 5.74) is -0.395. The Bertz CT molecular complexity index is 493. The molecule has 2 rings (SSSR count). The molecular formula is C13H16ClFN2O3. The summed E-state index contributed by atoms with van der Waals surface area (Å²) in [4.78, 5) is 10.2. The van der Waals surface area contributed by atoms with Crippen molar-refractivity contribution in [3.05, 3.63) is 33.1 Å². The standard InChI is InChI=1S/C13H16ClFN2O3/c14-10-6-13(12(17(18)19)7-11(10)15)20-5-3-9-2-1-4-16-8-9/h6-7,9,16H,1-5,8H2. The summed E-state index contributed by atoms with van der Waals surface area (Å²) in [5.74, 6) is -0.286. The van der Waals surface area contributed by atoms with E-state index in [1.54, 1.807) is 0 Å². The summed E-state index contributed by atoms with van der Waals surface area (Å²) >= 11 is 5.63. The highest BCUT2D eigenvalue weighted by atomic mass is 35.5. The molecule has 1 atom stereocenters. The van der Waals surface area contributed by atoms with Gasteiger partial charge in [0, 0.05) is 6.07 Å². The maximum atomic E-state index is 13.2. The highest BCUT2D eigenvalue weighted by molar-refractivity contribution is 6.31. The Morgan fingerprint density at radius 1 is 1.55 bits per heavy atom. The van der Waals surface area contributed by atoms with Gasteiger partial charge in [0.15, 0.2) is 5.75 Å². The van der Waals surface area contributed by atoms with E-state index in [1.165, 1.54) is 0 Å². The Morgan fingerprint density at radius 3 is 3.00 bits per heavy atom. The molecule has 20 heavy (non-hydrogen) atoms. The van der Waals surface area contributed by atoms with Gasteiger partial charge in [-0.2, -0.15) is 0 Å². The van der Waals surface area contributed by atoms with Crippen molar-refractivity contribution < 1.29 is 14.1 Å². The topological polar surface area (TPSA) is 64.4 Å². The molecule has 1 N–H and O–H groups in total. The van der Waals surface area contributed by atoms with Crippen LogP contribution in [0.5, 0.6) is 5.75 Å². The van der Waals surface area contributed by atoms with Gasteiger partial charge >= 0.3 is 5.69 Å². The van der Waals surface area contributed by atoms with Gasteiger partial charge in [-0.25, -0.2) is 4.39 Å². The van der Waals surface area contributed by atoms with Crippen LogP contribution >= 0.6 is 11.6 Å². The van der Waals surface area contributed by atoms with E-state index < -0.39 is 16.4 Å². The van der Waals surface area contributed by atoms with Crippen molar-refractivity contribution in [3.63, 3.8) is 0 Å². The summed E-state index contributed by atoms with van der Waals surface area (Å²) in [6.45, 7) is 2.33. The fourth-order valence-corrected chi connectivity index (χ4v) is 2.44. The number of hydrogen-bond donors (Lipinski definition) is 1. The van der Waals surface area contributed by atoms with Crippen molar-refractivity contribution in [2.45, 2.75) is 19.3 Å². The zero-order valence-electron chi connectivity index (χ0n) is 10.9. The van der Waals surface area contributed by atoms with Crippen LogP contribution in [0.25, 0.3) is 0 Å². The zero-order valence-corrected chi connectivity index (χ0v) is 11.7. The second kappa shape index (κ2) is 6.85. The van der Waals surface area contributed by atoms with Gasteiger partial charge in [0.2, 0.25) is 0 Å². The van der Waals surface area contributed by atoms with Gasteiger partial charge in [-0.15, -0.1) is 0 Å². The predicted octanol–water partition coefficient (Wildman–Crippen LogP) is 3.16. The molecule has 1 fully saturated rings. The van der Waals surface area contributed by atoms with Crippen LogP contribution in [0.3, 0.4) is 0 Å². The lowest BCUT2D eigenvalue weighted by Gasteiger charge is -2.22. The van der Waals surface area contributed by atoms with Crippen LogP contribution in [0.15, 0.2) is 12.1 Å². The molecule has 0 spiro atoms. The number of hydrogen-bond acceptors (Lipinski definition) is 4. The minimum absolute atomic E-state index is 0.0187. The second-order valence-corrected chi connectivity index (χ2v) is 5.25. The van der Waals surface area contributed by atoms with Crippen molar-refractivity contribution in [2.24, 2.45) is 5.92 Å². The lowest BCUT2D eigenvalue weighted by atomic mass is 9.97. The second-order valence-electron chi connectivity index (χ2n) is 4.84. The molecule has 5 nitrogen and oxygen atoms in total. The Morgan fingerprint density at radius 2 is 2.35 bits per heavy atom. The highest BCUT2D eigenvalue weighted by Gasteiger charge is 2.20. The van der Waals surface area contributed by atoms with Crippen LogP contribution in [-0.4, -0.2) is 24.6 Å². The number of halogens is 2. The smallest absolute Gasteiger partial charge is 0.313 e. The summed E-state index contributed by atoms with van der Waals surface area (Å²) in [6, 6.07) is 1.95. The highest BCUT2D eigenvalue weighted by Crippen LogP contribution is 2.32. The van der Waals surface area contributed by atoms with Crippen molar-refractivity contribution in [1.29, 1.82) is 0 Å². The number of ether oxygens (including phenoxy) is 1. The lowest BCUT2D eigenvalue weighted by Crippen LogP contribution is -2.30. The van der Waals surface area contributed by atoms with Gasteiger partial charge in [-0.05, 0) is 38.3 Å². The number of nitro groups is 1. The van der Waals surface area contributed by atoms with Gasteiger partial charge < -0.3 is 10.1 Å². The van der Waals surface area contributed by atoms with Crippen LogP contribution in [-0.2, 0) is 0 Å². The minimum atomic E-state index is -0.817. The van der Waals surface area contributed by atoms with Crippen LogP contribution in [0, 0.1) is 21.8 Å². The number of nitro benzene ring substituents is 1. The van der Waals surface area contributed by atoms with E-state index in [1.807, 2.05) is 0 Å². The number of nitrogens with one attached hydrogen (secondary N) is 1. The molecule has 1 unspecified atom stereocenters. The number of nitrogens with zero attached hydrogens (tertiary/aromatic N) is 1. The van der Waals surface area contributed by atoms with Gasteiger partial charge in [0.25, 0.3) is 0 Å². The average molecular weight is 303 g/mol.